The lowest BCUT2D eigenvalue weighted by molar-refractivity contribution is 0.553. The summed E-state index contributed by atoms with van der Waals surface area (Å²) in [5.41, 5.74) is 4.46. The van der Waals surface area contributed by atoms with Gasteiger partial charge in [0, 0.05) is 10.8 Å². The fraction of sp³-hybridized carbons (Fsp3) is 0.429. The number of fused-ring (bicyclic) bond motifs is 1. The van der Waals surface area contributed by atoms with Gasteiger partial charge in [0.05, 0.1) is 0 Å². The molecular formula is C14H18. The Labute approximate surface area is 86.7 Å². The van der Waals surface area contributed by atoms with Crippen molar-refractivity contribution in [3.05, 3.63) is 47.5 Å². The van der Waals surface area contributed by atoms with Gasteiger partial charge in [0.15, 0.2) is 0 Å². The molecule has 1 aromatic rings. The van der Waals surface area contributed by atoms with E-state index in [1.165, 1.54) is 16.7 Å². The minimum Gasteiger partial charge on any atom is -0.0981 e. The quantitative estimate of drug-likeness (QED) is 0.540. The van der Waals surface area contributed by atoms with Gasteiger partial charge in [-0.05, 0) is 11.1 Å². The molecule has 0 nitrogen and oxygen atoms in total. The van der Waals surface area contributed by atoms with E-state index in [9.17, 15) is 0 Å². The van der Waals surface area contributed by atoms with Gasteiger partial charge in [0.2, 0.25) is 0 Å². The monoisotopic (exact) mass is 186 g/mol. The highest BCUT2D eigenvalue weighted by molar-refractivity contribution is 5.56. The maximum absolute atomic E-state index is 4.27. The summed E-state index contributed by atoms with van der Waals surface area (Å²) in [6, 6.07) is 8.70. The van der Waals surface area contributed by atoms with Crippen LogP contribution in [-0.4, -0.2) is 0 Å². The zero-order valence-corrected chi connectivity index (χ0v) is 9.52. The predicted octanol–water partition coefficient (Wildman–Crippen LogP) is 3.81. The lowest BCUT2D eigenvalue weighted by Gasteiger charge is -2.27. The summed E-state index contributed by atoms with van der Waals surface area (Å²) in [5, 5.41) is 0. The molecule has 0 aliphatic heterocycles. The molecule has 74 valence electrons. The lowest BCUT2D eigenvalue weighted by atomic mass is 9.77. The highest BCUT2D eigenvalue weighted by Gasteiger charge is 2.44. The summed E-state index contributed by atoms with van der Waals surface area (Å²) >= 11 is 0. The van der Waals surface area contributed by atoms with Crippen molar-refractivity contribution in [2.45, 2.75) is 38.5 Å². The van der Waals surface area contributed by atoms with Crippen molar-refractivity contribution >= 4 is 0 Å². The van der Waals surface area contributed by atoms with Crippen LogP contribution >= 0.6 is 0 Å². The smallest absolute Gasteiger partial charge is 0.0114 e. The first-order valence-corrected chi connectivity index (χ1v) is 5.18. The summed E-state index contributed by atoms with van der Waals surface area (Å²) in [6.45, 7) is 13.3. The molecule has 0 spiro atoms. The van der Waals surface area contributed by atoms with E-state index >= 15 is 0 Å². The van der Waals surface area contributed by atoms with Crippen molar-refractivity contribution < 1.29 is 0 Å². The third-order valence-corrected chi connectivity index (χ3v) is 3.78. The molecule has 0 saturated heterocycles. The van der Waals surface area contributed by atoms with Gasteiger partial charge < -0.3 is 0 Å². The second kappa shape index (κ2) is 2.50. The van der Waals surface area contributed by atoms with Crippen molar-refractivity contribution in [2.24, 2.45) is 0 Å². The van der Waals surface area contributed by atoms with Crippen molar-refractivity contribution in [3.63, 3.8) is 0 Å². The normalized spacial score (nSPS) is 22.1. The Kier molecular flexibility index (Phi) is 1.70. The number of hydrogen-bond acceptors (Lipinski definition) is 0. The first-order chi connectivity index (χ1) is 6.38. The molecule has 0 radical (unpaired) electrons. The van der Waals surface area contributed by atoms with Gasteiger partial charge in [-0.2, -0.15) is 0 Å². The second-order valence-electron chi connectivity index (χ2n) is 5.27. The number of benzene rings is 1. The molecule has 0 aromatic heterocycles. The van der Waals surface area contributed by atoms with E-state index in [0.29, 0.717) is 0 Å². The largest absolute Gasteiger partial charge is 0.0981 e. The van der Waals surface area contributed by atoms with Gasteiger partial charge in [0.25, 0.3) is 0 Å². The molecular weight excluding hydrogens is 168 g/mol. The molecule has 0 atom stereocenters. The minimum atomic E-state index is 0.125. The molecule has 0 heterocycles. The highest BCUT2D eigenvalue weighted by Crippen LogP contribution is 2.52. The Bertz CT molecular complexity index is 357. The molecule has 1 aliphatic rings. The summed E-state index contributed by atoms with van der Waals surface area (Å²) in [5.74, 6) is 0. The second-order valence-corrected chi connectivity index (χ2v) is 5.27. The standard InChI is InChI=1S/C14H18/c1-10-13(2,3)11-8-6-7-9-12(11)14(10,4)5/h6-9H,1H2,2-5H3. The first-order valence-electron chi connectivity index (χ1n) is 5.18. The third-order valence-electron chi connectivity index (χ3n) is 3.78. The van der Waals surface area contributed by atoms with E-state index in [2.05, 4.69) is 58.5 Å². The summed E-state index contributed by atoms with van der Waals surface area (Å²) in [6.07, 6.45) is 0. The zero-order chi connectivity index (χ0) is 10.6. The number of rotatable bonds is 0. The van der Waals surface area contributed by atoms with Crippen LogP contribution in [0.25, 0.3) is 0 Å². The molecule has 1 aliphatic carbocycles. The zero-order valence-electron chi connectivity index (χ0n) is 9.52. The molecule has 0 unspecified atom stereocenters. The molecule has 0 amide bonds. The van der Waals surface area contributed by atoms with Gasteiger partial charge in [-0.25, -0.2) is 0 Å². The van der Waals surface area contributed by atoms with Crippen molar-refractivity contribution in [3.8, 4) is 0 Å². The lowest BCUT2D eigenvalue weighted by Crippen LogP contribution is -2.22. The average molecular weight is 186 g/mol. The number of hydrogen-bond donors (Lipinski definition) is 0. The maximum Gasteiger partial charge on any atom is 0.0114 e. The predicted molar refractivity (Wildman–Crippen MR) is 61.6 cm³/mol. The molecule has 0 fully saturated rings. The highest BCUT2D eigenvalue weighted by atomic mass is 14.5. The fourth-order valence-corrected chi connectivity index (χ4v) is 2.68. The Morgan fingerprint density at radius 1 is 0.857 bits per heavy atom. The van der Waals surface area contributed by atoms with Crippen LogP contribution in [0, 0.1) is 0 Å². The Morgan fingerprint density at radius 2 is 1.21 bits per heavy atom. The van der Waals surface area contributed by atoms with Crippen molar-refractivity contribution in [1.29, 1.82) is 0 Å². The van der Waals surface area contributed by atoms with Gasteiger partial charge in [-0.3, -0.25) is 0 Å². The van der Waals surface area contributed by atoms with Crippen LogP contribution < -0.4 is 0 Å². The molecule has 0 N–H and O–H groups in total. The van der Waals surface area contributed by atoms with Crippen LogP contribution in [0.15, 0.2) is 36.4 Å². The Balaban J connectivity index is 2.76. The summed E-state index contributed by atoms with van der Waals surface area (Å²) < 4.78 is 0. The molecule has 1 aromatic carbocycles. The Hall–Kier alpha value is -1.04. The van der Waals surface area contributed by atoms with Gasteiger partial charge >= 0.3 is 0 Å². The van der Waals surface area contributed by atoms with E-state index in [-0.39, 0.29) is 10.8 Å². The summed E-state index contributed by atoms with van der Waals surface area (Å²) in [4.78, 5) is 0. The van der Waals surface area contributed by atoms with E-state index in [4.69, 9.17) is 0 Å². The van der Waals surface area contributed by atoms with Gasteiger partial charge in [-0.15, -0.1) is 0 Å². The topological polar surface area (TPSA) is 0 Å². The van der Waals surface area contributed by atoms with E-state index in [0.717, 1.165) is 0 Å². The van der Waals surface area contributed by atoms with E-state index < -0.39 is 0 Å². The van der Waals surface area contributed by atoms with Crippen LogP contribution in [0.5, 0.6) is 0 Å². The average Bonchev–Trinajstić information content (AvgIpc) is 2.28. The van der Waals surface area contributed by atoms with E-state index in [1.807, 2.05) is 0 Å². The van der Waals surface area contributed by atoms with Gasteiger partial charge in [-0.1, -0.05) is 64.1 Å². The minimum absolute atomic E-state index is 0.125. The SMILES string of the molecule is C=C1C(C)(C)c2ccccc2C1(C)C. The van der Waals surface area contributed by atoms with Crippen molar-refractivity contribution in [1.82, 2.24) is 0 Å². The third kappa shape index (κ3) is 0.943. The van der Waals surface area contributed by atoms with E-state index in [1.54, 1.807) is 0 Å². The molecule has 0 heteroatoms. The summed E-state index contributed by atoms with van der Waals surface area (Å²) in [7, 11) is 0. The molecule has 0 saturated carbocycles. The molecule has 14 heavy (non-hydrogen) atoms. The molecule has 0 bridgehead atoms. The number of allylic oxidation sites excluding steroid dienone is 1. The van der Waals surface area contributed by atoms with Crippen molar-refractivity contribution in [2.75, 3.05) is 0 Å². The van der Waals surface area contributed by atoms with Gasteiger partial charge in [0.1, 0.15) is 0 Å². The van der Waals surface area contributed by atoms with Crippen LogP contribution in [0.4, 0.5) is 0 Å². The Morgan fingerprint density at radius 3 is 1.57 bits per heavy atom. The van der Waals surface area contributed by atoms with Crippen LogP contribution in [0.1, 0.15) is 38.8 Å². The molecule has 2 rings (SSSR count). The van der Waals surface area contributed by atoms with Crippen LogP contribution in [0.2, 0.25) is 0 Å². The fourth-order valence-electron chi connectivity index (χ4n) is 2.68. The van der Waals surface area contributed by atoms with Crippen LogP contribution in [0.3, 0.4) is 0 Å². The van der Waals surface area contributed by atoms with Crippen LogP contribution in [-0.2, 0) is 10.8 Å². The first kappa shape index (κ1) is 9.51. The maximum atomic E-state index is 4.27.